The molecule has 0 unspecified atom stereocenters. The molecule has 11 rings (SSSR count). The molecule has 8 aromatic carbocycles. The number of aromatic nitrogens is 2. The van der Waals surface area contributed by atoms with Gasteiger partial charge in [0.25, 0.3) is 0 Å². The molecule has 0 aliphatic heterocycles. The van der Waals surface area contributed by atoms with Crippen molar-refractivity contribution in [2.75, 3.05) is 0 Å². The van der Waals surface area contributed by atoms with Gasteiger partial charge in [-0.3, -0.25) is 0 Å². The van der Waals surface area contributed by atoms with Crippen LogP contribution < -0.4 is 0 Å². The van der Waals surface area contributed by atoms with E-state index >= 15 is 0 Å². The van der Waals surface area contributed by atoms with Gasteiger partial charge in [0.1, 0.15) is 0 Å². The van der Waals surface area contributed by atoms with Gasteiger partial charge in [-0.2, -0.15) is 0 Å². The second-order valence-electron chi connectivity index (χ2n) is 13.3. The predicted molar refractivity (Wildman–Crippen MR) is 218 cm³/mol. The number of benzene rings is 8. The first-order chi connectivity index (χ1) is 25.3. The zero-order chi connectivity index (χ0) is 33.5. The van der Waals surface area contributed by atoms with Gasteiger partial charge in [-0.05, 0) is 0 Å². The number of rotatable bonds is 4. The SMILES string of the molecule is c1ccc(-c2ccccc2-c2ccc3c(c2)[se]c2cccc(-n4c5ccccc5c5cc(-n6c7ccccc7c7ccccc76)ccc54)c23)cc1. The topological polar surface area (TPSA) is 9.86 Å². The summed E-state index contributed by atoms with van der Waals surface area (Å²) in [5, 5.41) is 7.81. The van der Waals surface area contributed by atoms with Gasteiger partial charge in [-0.15, -0.1) is 0 Å². The Kier molecular flexibility index (Phi) is 6.30. The van der Waals surface area contributed by atoms with E-state index in [4.69, 9.17) is 0 Å². The zero-order valence-electron chi connectivity index (χ0n) is 27.6. The van der Waals surface area contributed by atoms with Gasteiger partial charge < -0.3 is 0 Å². The summed E-state index contributed by atoms with van der Waals surface area (Å²) < 4.78 is 7.81. The van der Waals surface area contributed by atoms with Gasteiger partial charge in [0.05, 0.1) is 0 Å². The molecule has 0 radical (unpaired) electrons. The van der Waals surface area contributed by atoms with Crippen molar-refractivity contribution in [1.82, 2.24) is 9.13 Å². The van der Waals surface area contributed by atoms with Gasteiger partial charge >= 0.3 is 290 Å². The van der Waals surface area contributed by atoms with Gasteiger partial charge in [-0.25, -0.2) is 0 Å². The van der Waals surface area contributed by atoms with Gasteiger partial charge in [-0.1, -0.05) is 12.1 Å². The summed E-state index contributed by atoms with van der Waals surface area (Å²) in [6, 6.07) is 67.0. The summed E-state index contributed by atoms with van der Waals surface area (Å²) in [5.74, 6) is 0. The third-order valence-corrected chi connectivity index (χ3v) is 12.9. The van der Waals surface area contributed by atoms with E-state index in [-0.39, 0.29) is 14.5 Å². The first kappa shape index (κ1) is 28.7. The van der Waals surface area contributed by atoms with Crippen molar-refractivity contribution in [1.29, 1.82) is 0 Å². The molecule has 3 heterocycles. The Morgan fingerprint density at radius 1 is 0.333 bits per heavy atom. The third-order valence-electron chi connectivity index (χ3n) is 10.5. The van der Waals surface area contributed by atoms with Crippen molar-refractivity contribution < 1.29 is 0 Å². The molecule has 238 valence electrons. The summed E-state index contributed by atoms with van der Waals surface area (Å²) in [6.45, 7) is 0. The minimum absolute atomic E-state index is 0.209. The fraction of sp³-hybridized carbons (Fsp3) is 0. The molecular weight excluding hydrogens is 684 g/mol. The summed E-state index contributed by atoms with van der Waals surface area (Å²) in [6.07, 6.45) is 0. The maximum atomic E-state index is 2.50. The van der Waals surface area contributed by atoms with E-state index in [0.29, 0.717) is 0 Å². The van der Waals surface area contributed by atoms with Crippen LogP contribution in [0.4, 0.5) is 0 Å². The second kappa shape index (κ2) is 11.2. The number of nitrogens with zero attached hydrogens (tertiary/aromatic N) is 2. The van der Waals surface area contributed by atoms with E-state index in [1.807, 2.05) is 0 Å². The van der Waals surface area contributed by atoms with E-state index in [2.05, 4.69) is 191 Å². The van der Waals surface area contributed by atoms with Crippen LogP contribution >= 0.6 is 0 Å². The minimum atomic E-state index is 0.209. The molecule has 51 heavy (non-hydrogen) atoms. The van der Waals surface area contributed by atoms with Crippen LogP contribution in [0.3, 0.4) is 0 Å². The summed E-state index contributed by atoms with van der Waals surface area (Å²) >= 11 is 0.209. The van der Waals surface area contributed by atoms with E-state index in [1.54, 1.807) is 0 Å². The Hall–Kier alpha value is -6.12. The molecule has 3 aromatic heterocycles. The van der Waals surface area contributed by atoms with Crippen molar-refractivity contribution in [3.05, 3.63) is 182 Å². The monoisotopic (exact) mass is 714 g/mol. The van der Waals surface area contributed by atoms with Gasteiger partial charge in [0.2, 0.25) is 0 Å². The summed E-state index contributed by atoms with van der Waals surface area (Å²) in [7, 11) is 0. The van der Waals surface area contributed by atoms with Crippen molar-refractivity contribution >= 4 is 77.4 Å². The first-order valence-corrected chi connectivity index (χ1v) is 19.2. The molecular formula is C48H30N2Se. The summed E-state index contributed by atoms with van der Waals surface area (Å²) in [5.41, 5.74) is 12.4. The predicted octanol–water partition coefficient (Wildman–Crippen LogP) is 12.6. The average Bonchev–Trinajstić information content (AvgIpc) is 3.85. The molecule has 0 atom stereocenters. The Labute approximate surface area is 300 Å². The summed E-state index contributed by atoms with van der Waals surface area (Å²) in [4.78, 5) is 0. The molecule has 0 bridgehead atoms. The Morgan fingerprint density at radius 2 is 0.922 bits per heavy atom. The Balaban J connectivity index is 1.12. The quantitative estimate of drug-likeness (QED) is 0.161. The molecule has 0 amide bonds. The van der Waals surface area contributed by atoms with Crippen molar-refractivity contribution in [3.63, 3.8) is 0 Å². The normalized spacial score (nSPS) is 11.9. The number of para-hydroxylation sites is 3. The average molecular weight is 714 g/mol. The fourth-order valence-corrected chi connectivity index (χ4v) is 10.8. The molecule has 0 saturated carbocycles. The number of fused-ring (bicyclic) bond motifs is 9. The van der Waals surface area contributed by atoms with Crippen molar-refractivity contribution in [3.8, 4) is 33.6 Å². The number of hydrogen-bond acceptors (Lipinski definition) is 0. The van der Waals surface area contributed by atoms with Crippen LogP contribution in [0.2, 0.25) is 0 Å². The van der Waals surface area contributed by atoms with Crippen LogP contribution in [0.5, 0.6) is 0 Å². The molecule has 0 spiro atoms. The van der Waals surface area contributed by atoms with Crippen LogP contribution in [0.25, 0.3) is 96.5 Å². The van der Waals surface area contributed by atoms with Crippen LogP contribution in [0, 0.1) is 0 Å². The van der Waals surface area contributed by atoms with Gasteiger partial charge in [0.15, 0.2) is 0 Å². The standard InChI is InChI=1S/C48H30N2Se/c1-2-13-31(14-3-1)34-15-4-5-16-35(34)32-25-27-39-47(29-32)51-46-24-12-23-45(48(39)46)50-43-22-11-8-19-38(43)40-30-33(26-28-44(40)50)49-41-20-9-6-17-36(41)37-18-7-10-21-42(37)49/h1-30H. The molecule has 0 saturated heterocycles. The fourth-order valence-electron chi connectivity index (χ4n) is 8.33. The van der Waals surface area contributed by atoms with Crippen LogP contribution in [0.1, 0.15) is 0 Å². The van der Waals surface area contributed by atoms with Crippen molar-refractivity contribution in [2.45, 2.75) is 0 Å². The molecule has 0 aliphatic carbocycles. The van der Waals surface area contributed by atoms with E-state index in [9.17, 15) is 0 Å². The van der Waals surface area contributed by atoms with Crippen LogP contribution in [-0.2, 0) is 0 Å². The maximum absolute atomic E-state index is 2.50. The third kappa shape index (κ3) is 4.29. The van der Waals surface area contributed by atoms with E-state index in [0.717, 1.165) is 0 Å². The van der Waals surface area contributed by atoms with E-state index < -0.39 is 0 Å². The second-order valence-corrected chi connectivity index (χ2v) is 15.6. The van der Waals surface area contributed by atoms with E-state index in [1.165, 1.54) is 96.5 Å². The molecule has 11 aromatic rings. The molecule has 2 nitrogen and oxygen atoms in total. The molecule has 3 heteroatoms. The zero-order valence-corrected chi connectivity index (χ0v) is 29.3. The van der Waals surface area contributed by atoms with Gasteiger partial charge in [0, 0.05) is 0 Å². The van der Waals surface area contributed by atoms with Crippen molar-refractivity contribution in [2.24, 2.45) is 0 Å². The first-order valence-electron chi connectivity index (χ1n) is 17.4. The molecule has 0 aliphatic rings. The Morgan fingerprint density at radius 3 is 1.65 bits per heavy atom. The molecule has 0 fully saturated rings. The van der Waals surface area contributed by atoms with Crippen LogP contribution in [0.15, 0.2) is 182 Å². The van der Waals surface area contributed by atoms with Crippen LogP contribution in [-0.4, -0.2) is 23.6 Å². The molecule has 0 N–H and O–H groups in total. The number of hydrogen-bond donors (Lipinski definition) is 0. The Bertz CT molecular complexity index is 3090.